The zero-order chi connectivity index (χ0) is 24.7. The number of hydrogen-bond donors (Lipinski definition) is 4. The van der Waals surface area contributed by atoms with Crippen LogP contribution in [-0.4, -0.2) is 91.5 Å². The Hall–Kier alpha value is -1.57. The number of nitrogens with zero attached hydrogens (tertiary/aromatic N) is 3. The highest BCUT2D eigenvalue weighted by Crippen LogP contribution is 2.28. The Balaban J connectivity index is 1.80. The fraction of sp³-hybridized carbons (Fsp3) is 0.880. The molecule has 1 saturated carbocycles. The summed E-state index contributed by atoms with van der Waals surface area (Å²) in [6.07, 6.45) is 8.78. The van der Waals surface area contributed by atoms with E-state index in [-0.39, 0.29) is 30.1 Å². The van der Waals surface area contributed by atoms with Gasteiger partial charge in [-0.2, -0.15) is 9.84 Å². The number of carbonyl (C=O) groups excluding carboxylic acids is 1. The minimum Gasteiger partial charge on any atom is -0.373 e. The molecule has 3 rings (SSSR count). The number of ether oxygens (including phenoxy) is 1. The number of carbonyl (C=O) groups is 1. The lowest BCUT2D eigenvalue weighted by Gasteiger charge is -2.45. The lowest BCUT2D eigenvalue weighted by atomic mass is 9.92. The summed E-state index contributed by atoms with van der Waals surface area (Å²) in [5, 5.41) is 16.0. The van der Waals surface area contributed by atoms with Gasteiger partial charge in [-0.15, -0.1) is 0 Å². The standard InChI is InChI=1S/C25H46N7O2/c1-4-31-16-18(11-13-26)17-32(3,5-2)25(31)22(23(27)28)24(33)30-20-15-29-14-12-21(20)34-19-9-7-6-8-10-19/h16,18-23,25,29H,4-12,14-15,17,27-28H2,1-3H3/q+1/p+1. The molecule has 1 aliphatic carbocycles. The smallest absolute Gasteiger partial charge is 0.293 e. The van der Waals surface area contributed by atoms with Crippen LogP contribution in [0.3, 0.4) is 0 Å². The molecular formula is C25H47N7O2+2. The third-order valence-corrected chi connectivity index (χ3v) is 8.18. The van der Waals surface area contributed by atoms with E-state index >= 15 is 0 Å². The number of hydrogen-bond acceptors (Lipinski definition) is 6. The second-order valence-electron chi connectivity index (χ2n) is 10.6. The predicted molar refractivity (Wildman–Crippen MR) is 133 cm³/mol. The van der Waals surface area contributed by atoms with Crippen molar-refractivity contribution < 1.29 is 18.6 Å². The first kappa shape index (κ1) is 27.0. The van der Waals surface area contributed by atoms with E-state index in [2.05, 4.69) is 48.4 Å². The Morgan fingerprint density at radius 1 is 1.29 bits per heavy atom. The number of nitrogens with one attached hydrogen (secondary N) is 2. The van der Waals surface area contributed by atoms with Crippen LogP contribution in [0.15, 0.2) is 0 Å². The molecule has 3 aliphatic rings. The summed E-state index contributed by atoms with van der Waals surface area (Å²) in [4.78, 5) is 13.8. The van der Waals surface area contributed by atoms with Gasteiger partial charge in [0, 0.05) is 6.54 Å². The largest absolute Gasteiger partial charge is 0.373 e. The van der Waals surface area contributed by atoms with Gasteiger partial charge >= 0.3 is 0 Å². The fourth-order valence-electron chi connectivity index (χ4n) is 6.22. The van der Waals surface area contributed by atoms with Crippen LogP contribution in [0.4, 0.5) is 0 Å². The van der Waals surface area contributed by atoms with E-state index in [1.165, 1.54) is 19.3 Å². The van der Waals surface area contributed by atoms with Gasteiger partial charge in [0.15, 0.2) is 12.1 Å². The monoisotopic (exact) mass is 477 g/mol. The van der Waals surface area contributed by atoms with Gasteiger partial charge < -0.3 is 26.8 Å². The van der Waals surface area contributed by atoms with Crippen LogP contribution in [0, 0.1) is 23.2 Å². The van der Waals surface area contributed by atoms with E-state index in [1.807, 2.05) is 0 Å². The summed E-state index contributed by atoms with van der Waals surface area (Å²) in [5.41, 5.74) is 12.6. The molecule has 1 amide bonds. The van der Waals surface area contributed by atoms with E-state index in [0.29, 0.717) is 23.6 Å². The quantitative estimate of drug-likeness (QED) is 0.217. The second-order valence-corrected chi connectivity index (χ2v) is 10.6. The molecule has 6 unspecified atom stereocenters. The maximum Gasteiger partial charge on any atom is 0.293 e. The Morgan fingerprint density at radius 2 is 2.03 bits per heavy atom. The summed E-state index contributed by atoms with van der Waals surface area (Å²) < 4.78 is 9.33. The van der Waals surface area contributed by atoms with E-state index in [4.69, 9.17) is 16.2 Å². The third kappa shape index (κ3) is 6.35. The molecule has 6 atom stereocenters. The summed E-state index contributed by atoms with van der Waals surface area (Å²) in [5.74, 6) is -0.532. The van der Waals surface area contributed by atoms with Crippen LogP contribution in [0.5, 0.6) is 0 Å². The molecule has 192 valence electrons. The van der Waals surface area contributed by atoms with E-state index in [0.717, 1.165) is 45.4 Å². The highest BCUT2D eigenvalue weighted by atomic mass is 16.5. The lowest BCUT2D eigenvalue weighted by molar-refractivity contribution is -1.02. The topological polar surface area (TPSA) is 129 Å². The first-order chi connectivity index (χ1) is 16.3. The molecule has 0 radical (unpaired) electrons. The Morgan fingerprint density at radius 3 is 2.65 bits per heavy atom. The Kier molecular flexibility index (Phi) is 9.86. The SMILES string of the molecule is CC[N+]1=CC(CC#N)C[N+](C)(CC)C1C(C(=O)NC1CNCCC1OC1CCCCC1)C(N)N. The van der Waals surface area contributed by atoms with E-state index in [1.54, 1.807) is 0 Å². The van der Waals surface area contributed by atoms with Gasteiger partial charge in [-0.05, 0) is 39.7 Å². The average molecular weight is 478 g/mol. The van der Waals surface area contributed by atoms with Crippen molar-refractivity contribution in [3.8, 4) is 6.07 Å². The third-order valence-electron chi connectivity index (χ3n) is 8.18. The number of quaternary nitrogens is 1. The number of nitriles is 1. The average Bonchev–Trinajstić information content (AvgIpc) is 2.82. The zero-order valence-electron chi connectivity index (χ0n) is 21.4. The minimum absolute atomic E-state index is 0.00945. The molecular weight excluding hydrogens is 430 g/mol. The van der Waals surface area contributed by atoms with Crippen molar-refractivity contribution >= 4 is 12.1 Å². The molecule has 0 aromatic carbocycles. The van der Waals surface area contributed by atoms with Crippen molar-refractivity contribution in [2.75, 3.05) is 39.8 Å². The van der Waals surface area contributed by atoms with Crippen molar-refractivity contribution in [2.24, 2.45) is 23.3 Å². The van der Waals surface area contributed by atoms with Gasteiger partial charge in [0.25, 0.3) is 6.17 Å². The first-order valence-corrected chi connectivity index (χ1v) is 13.3. The minimum atomic E-state index is -0.793. The molecule has 0 aromatic heterocycles. The Bertz CT molecular complexity index is 746. The van der Waals surface area contributed by atoms with Crippen LogP contribution in [0.25, 0.3) is 0 Å². The van der Waals surface area contributed by atoms with Crippen LogP contribution in [0.1, 0.15) is 58.8 Å². The second kappa shape index (κ2) is 12.4. The van der Waals surface area contributed by atoms with Crippen molar-refractivity contribution in [1.29, 1.82) is 5.26 Å². The predicted octanol–water partition coefficient (Wildman–Crippen LogP) is 0.481. The Labute approximate surface area is 205 Å². The molecule has 0 spiro atoms. The summed E-state index contributed by atoms with van der Waals surface area (Å²) in [6.45, 7) is 8.14. The van der Waals surface area contributed by atoms with Crippen molar-refractivity contribution in [3.63, 3.8) is 0 Å². The number of rotatable bonds is 9. The van der Waals surface area contributed by atoms with Gasteiger partial charge in [0.05, 0.1) is 63.0 Å². The highest BCUT2D eigenvalue weighted by molar-refractivity contribution is 5.80. The van der Waals surface area contributed by atoms with Crippen LogP contribution in [0.2, 0.25) is 0 Å². The number of amides is 1. The molecule has 34 heavy (non-hydrogen) atoms. The van der Waals surface area contributed by atoms with E-state index in [9.17, 15) is 10.1 Å². The lowest BCUT2D eigenvalue weighted by Crippen LogP contribution is -2.71. The molecule has 1 saturated heterocycles. The summed E-state index contributed by atoms with van der Waals surface area (Å²) >= 11 is 0. The number of piperidine rings is 1. The molecule has 0 bridgehead atoms. The maximum atomic E-state index is 13.8. The van der Waals surface area contributed by atoms with Gasteiger partial charge in [-0.3, -0.25) is 9.28 Å². The highest BCUT2D eigenvalue weighted by Gasteiger charge is 2.54. The molecule has 2 heterocycles. The molecule has 9 nitrogen and oxygen atoms in total. The normalized spacial score (nSPS) is 33.7. The first-order valence-electron chi connectivity index (χ1n) is 13.3. The van der Waals surface area contributed by atoms with Crippen LogP contribution >= 0.6 is 0 Å². The van der Waals surface area contributed by atoms with Crippen LogP contribution < -0.4 is 22.1 Å². The van der Waals surface area contributed by atoms with E-state index < -0.39 is 12.1 Å². The van der Waals surface area contributed by atoms with Crippen LogP contribution in [-0.2, 0) is 9.53 Å². The van der Waals surface area contributed by atoms with Gasteiger partial charge in [-0.25, -0.2) is 0 Å². The zero-order valence-corrected chi connectivity index (χ0v) is 21.4. The number of nitrogens with two attached hydrogens (primary N) is 2. The van der Waals surface area contributed by atoms with Gasteiger partial charge in [0.2, 0.25) is 5.91 Å². The fourth-order valence-corrected chi connectivity index (χ4v) is 6.22. The summed E-state index contributed by atoms with van der Waals surface area (Å²) in [7, 11) is 2.16. The van der Waals surface area contributed by atoms with Crippen molar-refractivity contribution in [3.05, 3.63) is 0 Å². The van der Waals surface area contributed by atoms with Crippen molar-refractivity contribution in [2.45, 2.75) is 89.4 Å². The summed E-state index contributed by atoms with van der Waals surface area (Å²) in [6, 6.07) is 2.21. The molecule has 2 fully saturated rings. The molecule has 0 aromatic rings. The molecule has 6 N–H and O–H groups in total. The van der Waals surface area contributed by atoms with Gasteiger partial charge in [-0.1, -0.05) is 19.3 Å². The maximum absolute atomic E-state index is 13.8. The van der Waals surface area contributed by atoms with Gasteiger partial charge in [0.1, 0.15) is 6.54 Å². The van der Waals surface area contributed by atoms with Crippen molar-refractivity contribution in [1.82, 2.24) is 10.6 Å². The molecule has 9 heteroatoms. The molecule has 2 aliphatic heterocycles.